The monoisotopic (exact) mass is 303 g/mol. The fraction of sp³-hybridized carbons (Fsp3) is 0.100. The maximum absolute atomic E-state index is 12.0. The first-order valence-electron chi connectivity index (χ1n) is 5.32. The normalized spacial score (nSPS) is 11.4. The molecule has 112 valence electrons. The summed E-state index contributed by atoms with van der Waals surface area (Å²) in [6, 6.07) is 2.68. The predicted molar refractivity (Wildman–Crippen MR) is 63.1 cm³/mol. The molecule has 0 bridgehead atoms. The molecule has 0 radical (unpaired) electrons. The third-order valence-electron chi connectivity index (χ3n) is 2.17. The van der Waals surface area contributed by atoms with Gasteiger partial charge in [-0.1, -0.05) is 0 Å². The lowest BCUT2D eigenvalue weighted by molar-refractivity contribution is -0.151. The van der Waals surface area contributed by atoms with Gasteiger partial charge in [-0.2, -0.15) is 28.1 Å². The van der Waals surface area contributed by atoms with Gasteiger partial charge in [0.05, 0.1) is 0 Å². The number of phenols is 2. The van der Waals surface area contributed by atoms with Crippen molar-refractivity contribution in [3.8, 4) is 28.9 Å². The standard InChI is InChI=1S/C10H8F3N5O3/c11-10(12,13)18-17-8-14-7(15-9(21)16-8)4-1-2-5(19)6(20)3-4/h1-3,18-20H,(H2,14,15,16,17,21). The first-order chi connectivity index (χ1) is 9.74. The van der Waals surface area contributed by atoms with Crippen molar-refractivity contribution >= 4 is 5.95 Å². The molecule has 0 fully saturated rings. The molecule has 0 aliphatic rings. The van der Waals surface area contributed by atoms with Crippen molar-refractivity contribution in [2.45, 2.75) is 6.30 Å². The molecule has 0 spiro atoms. The third kappa shape index (κ3) is 3.82. The predicted octanol–water partition coefficient (Wildman–Crippen LogP) is 1.09. The zero-order valence-electron chi connectivity index (χ0n) is 10.0. The molecule has 1 heterocycles. The van der Waals surface area contributed by atoms with Gasteiger partial charge in [0, 0.05) is 5.56 Å². The van der Waals surface area contributed by atoms with Crippen LogP contribution in [0.15, 0.2) is 18.2 Å². The number of benzene rings is 1. The fourth-order valence-electron chi connectivity index (χ4n) is 1.34. The van der Waals surface area contributed by atoms with Crippen LogP contribution in [0.3, 0.4) is 0 Å². The van der Waals surface area contributed by atoms with Gasteiger partial charge in [-0.05, 0) is 18.2 Å². The lowest BCUT2D eigenvalue weighted by atomic mass is 10.2. The second-order valence-corrected chi connectivity index (χ2v) is 3.73. The third-order valence-corrected chi connectivity index (χ3v) is 2.17. The number of aromatic hydroxyl groups is 3. The van der Waals surface area contributed by atoms with Gasteiger partial charge >= 0.3 is 12.3 Å². The number of rotatable bonds is 3. The van der Waals surface area contributed by atoms with E-state index < -0.39 is 29.8 Å². The number of nitrogens with zero attached hydrogens (tertiary/aromatic N) is 3. The number of hydrogen-bond acceptors (Lipinski definition) is 8. The molecule has 0 unspecified atom stereocenters. The van der Waals surface area contributed by atoms with Crippen molar-refractivity contribution in [3.63, 3.8) is 0 Å². The molecule has 0 atom stereocenters. The lowest BCUT2D eigenvalue weighted by Crippen LogP contribution is -2.37. The van der Waals surface area contributed by atoms with Crippen LogP contribution in [0.4, 0.5) is 19.1 Å². The van der Waals surface area contributed by atoms with Crippen LogP contribution in [-0.4, -0.2) is 36.6 Å². The zero-order chi connectivity index (χ0) is 15.6. The second-order valence-electron chi connectivity index (χ2n) is 3.73. The highest BCUT2D eigenvalue weighted by Crippen LogP contribution is 2.29. The lowest BCUT2D eigenvalue weighted by Gasteiger charge is -2.10. The minimum Gasteiger partial charge on any atom is -0.504 e. The number of nitrogens with one attached hydrogen (secondary N) is 2. The number of halogens is 3. The molecule has 1 aromatic heterocycles. The largest absolute Gasteiger partial charge is 0.504 e. The van der Waals surface area contributed by atoms with Crippen molar-refractivity contribution in [2.75, 3.05) is 5.43 Å². The van der Waals surface area contributed by atoms with E-state index >= 15 is 0 Å². The maximum atomic E-state index is 12.0. The summed E-state index contributed by atoms with van der Waals surface area (Å²) in [6.07, 6.45) is -4.72. The van der Waals surface area contributed by atoms with E-state index in [4.69, 9.17) is 0 Å². The number of hydrazine groups is 1. The van der Waals surface area contributed by atoms with E-state index in [1.807, 2.05) is 0 Å². The molecule has 2 aromatic rings. The first kappa shape index (κ1) is 14.6. The molecule has 0 amide bonds. The molecule has 0 aliphatic heterocycles. The van der Waals surface area contributed by atoms with Gasteiger partial charge in [-0.25, -0.2) is 0 Å². The Kier molecular flexibility index (Phi) is 3.67. The molecular weight excluding hydrogens is 295 g/mol. The van der Waals surface area contributed by atoms with Crippen LogP contribution in [0.2, 0.25) is 0 Å². The van der Waals surface area contributed by atoms with E-state index in [9.17, 15) is 28.5 Å². The Morgan fingerprint density at radius 2 is 1.67 bits per heavy atom. The molecule has 0 saturated heterocycles. The van der Waals surface area contributed by atoms with Crippen LogP contribution < -0.4 is 10.9 Å². The van der Waals surface area contributed by atoms with Gasteiger partial charge < -0.3 is 15.3 Å². The zero-order valence-corrected chi connectivity index (χ0v) is 10.0. The van der Waals surface area contributed by atoms with E-state index in [0.29, 0.717) is 0 Å². The Bertz CT molecular complexity index is 665. The molecule has 11 heteroatoms. The van der Waals surface area contributed by atoms with Crippen LogP contribution >= 0.6 is 0 Å². The number of phenolic OH excluding ortho intramolecular Hbond substituents is 2. The number of aromatic nitrogens is 3. The quantitative estimate of drug-likeness (QED) is 0.324. The van der Waals surface area contributed by atoms with Gasteiger partial charge in [0.1, 0.15) is 0 Å². The smallest absolute Gasteiger partial charge is 0.474 e. The Balaban J connectivity index is 2.32. The van der Waals surface area contributed by atoms with Crippen molar-refractivity contribution in [1.82, 2.24) is 20.4 Å². The summed E-state index contributed by atoms with van der Waals surface area (Å²) in [5.74, 6) is -1.66. The summed E-state index contributed by atoms with van der Waals surface area (Å²) < 4.78 is 36.0. The summed E-state index contributed by atoms with van der Waals surface area (Å²) in [5.41, 5.74) is 2.76. The Hall–Kier alpha value is -2.82. The Morgan fingerprint density at radius 3 is 2.29 bits per heavy atom. The highest BCUT2D eigenvalue weighted by Gasteiger charge is 2.27. The van der Waals surface area contributed by atoms with Crippen molar-refractivity contribution < 1.29 is 28.5 Å². The first-order valence-corrected chi connectivity index (χ1v) is 5.32. The SMILES string of the molecule is Oc1nc(NNC(F)(F)F)nc(-c2ccc(O)c(O)c2)n1. The molecule has 0 aliphatic carbocycles. The molecule has 21 heavy (non-hydrogen) atoms. The average molecular weight is 303 g/mol. The highest BCUT2D eigenvalue weighted by atomic mass is 19.4. The summed E-state index contributed by atoms with van der Waals surface area (Å²) >= 11 is 0. The summed E-state index contributed by atoms with van der Waals surface area (Å²) in [5, 5.41) is 27.8. The highest BCUT2D eigenvalue weighted by molar-refractivity contribution is 5.61. The number of alkyl halides is 3. The summed E-state index contributed by atoms with van der Waals surface area (Å²) in [6.45, 7) is 0. The van der Waals surface area contributed by atoms with E-state index in [1.165, 1.54) is 6.07 Å². The number of anilines is 1. The maximum Gasteiger partial charge on any atom is 0.474 e. The Morgan fingerprint density at radius 1 is 0.952 bits per heavy atom. The average Bonchev–Trinajstić information content (AvgIpc) is 2.38. The van der Waals surface area contributed by atoms with Gasteiger partial charge in [0.25, 0.3) is 0 Å². The van der Waals surface area contributed by atoms with Crippen LogP contribution in [0, 0.1) is 0 Å². The van der Waals surface area contributed by atoms with Crippen LogP contribution in [0.25, 0.3) is 11.4 Å². The second kappa shape index (κ2) is 5.28. The summed E-state index contributed by atoms with van der Waals surface area (Å²) in [7, 11) is 0. The fourth-order valence-corrected chi connectivity index (χ4v) is 1.34. The van der Waals surface area contributed by atoms with Crippen LogP contribution in [0.1, 0.15) is 0 Å². The van der Waals surface area contributed by atoms with Crippen LogP contribution in [-0.2, 0) is 0 Å². The van der Waals surface area contributed by atoms with Crippen molar-refractivity contribution in [2.24, 2.45) is 0 Å². The van der Waals surface area contributed by atoms with Crippen molar-refractivity contribution in [1.29, 1.82) is 0 Å². The molecule has 1 aromatic carbocycles. The van der Waals surface area contributed by atoms with Crippen LogP contribution in [0.5, 0.6) is 17.5 Å². The molecule has 0 saturated carbocycles. The van der Waals surface area contributed by atoms with E-state index in [0.717, 1.165) is 17.6 Å². The van der Waals surface area contributed by atoms with E-state index in [1.54, 1.807) is 5.43 Å². The molecule has 8 nitrogen and oxygen atoms in total. The molecule has 5 N–H and O–H groups in total. The van der Waals surface area contributed by atoms with Crippen molar-refractivity contribution in [3.05, 3.63) is 18.2 Å². The minimum absolute atomic E-state index is 0.151. The topological polar surface area (TPSA) is 123 Å². The van der Waals surface area contributed by atoms with Gasteiger partial charge in [0.15, 0.2) is 17.3 Å². The van der Waals surface area contributed by atoms with E-state index in [-0.39, 0.29) is 11.4 Å². The number of hydrogen-bond donors (Lipinski definition) is 5. The molecule has 2 rings (SSSR count). The van der Waals surface area contributed by atoms with E-state index in [2.05, 4.69) is 15.0 Å². The van der Waals surface area contributed by atoms with Gasteiger partial charge in [0.2, 0.25) is 5.95 Å². The Labute approximate surface area is 114 Å². The summed E-state index contributed by atoms with van der Waals surface area (Å²) in [4.78, 5) is 10.4. The van der Waals surface area contributed by atoms with Gasteiger partial charge in [-0.15, -0.1) is 5.43 Å². The minimum atomic E-state index is -4.72. The van der Waals surface area contributed by atoms with Gasteiger partial charge in [-0.3, -0.25) is 5.43 Å². The molecular formula is C10H8F3N5O3.